The van der Waals surface area contributed by atoms with Gasteiger partial charge in [-0.05, 0) is 25.0 Å². The molecule has 0 aliphatic carbocycles. The molecule has 1 amide bonds. The maximum absolute atomic E-state index is 12.0. The number of hydrogen-bond donors (Lipinski definition) is 2. The number of ether oxygens (including phenoxy) is 1. The third kappa shape index (κ3) is 16.9. The summed E-state index contributed by atoms with van der Waals surface area (Å²) in [4.78, 5) is 12.0. The summed E-state index contributed by atoms with van der Waals surface area (Å²) in [6, 6.07) is 7.83. The first-order valence-electron chi connectivity index (χ1n) is 13.5. The second-order valence-electron chi connectivity index (χ2n) is 9.03. The summed E-state index contributed by atoms with van der Waals surface area (Å²) in [5, 5.41) is 6.21. The molecule has 0 radical (unpaired) electrons. The molecule has 0 fully saturated rings. The molecule has 1 aromatic carbocycles. The minimum absolute atomic E-state index is 0.0528. The smallest absolute Gasteiger partial charge is 0.239 e. The summed E-state index contributed by atoms with van der Waals surface area (Å²) in [5.41, 5.74) is 0.922. The molecule has 0 aliphatic rings. The first-order valence-corrected chi connectivity index (χ1v) is 13.5. The average Bonchev–Trinajstić information content (AvgIpc) is 2.81. The van der Waals surface area contributed by atoms with Crippen molar-refractivity contribution >= 4 is 11.6 Å². The molecule has 0 spiro atoms. The van der Waals surface area contributed by atoms with Crippen molar-refractivity contribution in [3.05, 3.63) is 24.3 Å². The molecular formula is C28H50N2O2. The van der Waals surface area contributed by atoms with Crippen molar-refractivity contribution in [2.24, 2.45) is 0 Å². The number of rotatable bonds is 22. The molecule has 184 valence electrons. The maximum Gasteiger partial charge on any atom is 0.239 e. The normalized spacial score (nSPS) is 10.8. The lowest BCUT2D eigenvalue weighted by molar-refractivity contribution is -0.119. The molecule has 0 aromatic heterocycles. The lowest BCUT2D eigenvalue weighted by Crippen LogP contribution is -2.30. The maximum atomic E-state index is 12.0. The third-order valence-corrected chi connectivity index (χ3v) is 5.91. The van der Waals surface area contributed by atoms with Crippen LogP contribution >= 0.6 is 0 Å². The van der Waals surface area contributed by atoms with Crippen LogP contribution in [0.2, 0.25) is 0 Å². The van der Waals surface area contributed by atoms with Gasteiger partial charge in [-0.2, -0.15) is 0 Å². The Hall–Kier alpha value is -1.71. The predicted molar refractivity (Wildman–Crippen MR) is 139 cm³/mol. The molecular weight excluding hydrogens is 396 g/mol. The van der Waals surface area contributed by atoms with Crippen LogP contribution in [0.3, 0.4) is 0 Å². The van der Waals surface area contributed by atoms with Gasteiger partial charge >= 0.3 is 0 Å². The highest BCUT2D eigenvalue weighted by atomic mass is 16.5. The lowest BCUT2D eigenvalue weighted by Gasteiger charge is -2.10. The number of anilines is 1. The van der Waals surface area contributed by atoms with Gasteiger partial charge in [0.05, 0.1) is 13.2 Å². The lowest BCUT2D eigenvalue weighted by atomic mass is 10.0. The highest BCUT2D eigenvalue weighted by Crippen LogP contribution is 2.17. The Kier molecular flexibility index (Phi) is 18.7. The average molecular weight is 447 g/mol. The fourth-order valence-electron chi connectivity index (χ4n) is 3.82. The Labute approximate surface area is 198 Å². The summed E-state index contributed by atoms with van der Waals surface area (Å²) in [5.74, 6) is 0.906. The molecule has 1 rings (SSSR count). The number of hydrogen-bond acceptors (Lipinski definition) is 3. The number of amides is 1. The van der Waals surface area contributed by atoms with Gasteiger partial charge in [0.1, 0.15) is 5.75 Å². The van der Waals surface area contributed by atoms with Crippen molar-refractivity contribution in [2.75, 3.05) is 25.0 Å². The minimum Gasteiger partial charge on any atom is -0.494 e. The van der Waals surface area contributed by atoms with Crippen LogP contribution in [0.5, 0.6) is 5.75 Å². The Balaban J connectivity index is 1.90. The van der Waals surface area contributed by atoms with Gasteiger partial charge in [0, 0.05) is 18.3 Å². The van der Waals surface area contributed by atoms with Gasteiger partial charge in [0.15, 0.2) is 0 Å². The van der Waals surface area contributed by atoms with Gasteiger partial charge in [0.25, 0.3) is 0 Å². The van der Waals surface area contributed by atoms with Crippen LogP contribution in [0.4, 0.5) is 5.69 Å². The number of benzene rings is 1. The SMILES string of the molecule is CCCCCCCCCCCCCCCCNC(=O)CNc1cccc(OCCCC)c1. The van der Waals surface area contributed by atoms with Crippen LogP contribution in [0.15, 0.2) is 24.3 Å². The van der Waals surface area contributed by atoms with E-state index in [1.54, 1.807) is 0 Å². The monoisotopic (exact) mass is 446 g/mol. The first kappa shape index (κ1) is 28.3. The van der Waals surface area contributed by atoms with Crippen molar-refractivity contribution in [3.63, 3.8) is 0 Å². The Morgan fingerprint density at radius 3 is 1.91 bits per heavy atom. The Morgan fingerprint density at radius 1 is 0.750 bits per heavy atom. The van der Waals surface area contributed by atoms with Crippen molar-refractivity contribution in [1.29, 1.82) is 0 Å². The van der Waals surface area contributed by atoms with Gasteiger partial charge in [-0.15, -0.1) is 0 Å². The summed E-state index contributed by atoms with van der Waals surface area (Å²) in [6.45, 7) is 6.25. The van der Waals surface area contributed by atoms with Gasteiger partial charge in [-0.3, -0.25) is 4.79 Å². The second-order valence-corrected chi connectivity index (χ2v) is 9.03. The zero-order valence-electron chi connectivity index (χ0n) is 21.1. The zero-order valence-corrected chi connectivity index (χ0v) is 21.1. The molecule has 0 saturated heterocycles. The zero-order chi connectivity index (χ0) is 23.1. The molecule has 0 saturated carbocycles. The van der Waals surface area contributed by atoms with Crippen LogP contribution in [-0.4, -0.2) is 25.6 Å². The molecule has 0 bridgehead atoms. The highest BCUT2D eigenvalue weighted by Gasteiger charge is 2.02. The molecule has 0 unspecified atom stereocenters. The second kappa shape index (κ2) is 21.2. The van der Waals surface area contributed by atoms with E-state index in [0.717, 1.165) is 43.9 Å². The van der Waals surface area contributed by atoms with Gasteiger partial charge < -0.3 is 15.4 Å². The third-order valence-electron chi connectivity index (χ3n) is 5.91. The summed E-state index contributed by atoms with van der Waals surface area (Å²) < 4.78 is 5.71. The van der Waals surface area contributed by atoms with Crippen LogP contribution in [0, 0.1) is 0 Å². The van der Waals surface area contributed by atoms with E-state index in [9.17, 15) is 4.79 Å². The van der Waals surface area contributed by atoms with E-state index in [2.05, 4.69) is 24.5 Å². The topological polar surface area (TPSA) is 50.4 Å². The molecule has 0 aliphatic heterocycles. The van der Waals surface area contributed by atoms with E-state index in [0.29, 0.717) is 6.54 Å². The summed E-state index contributed by atoms with van der Waals surface area (Å²) >= 11 is 0. The highest BCUT2D eigenvalue weighted by molar-refractivity contribution is 5.80. The number of unbranched alkanes of at least 4 members (excludes halogenated alkanes) is 14. The quantitative estimate of drug-likeness (QED) is 0.178. The van der Waals surface area contributed by atoms with E-state index in [-0.39, 0.29) is 5.91 Å². The van der Waals surface area contributed by atoms with E-state index in [1.165, 1.54) is 83.5 Å². The number of nitrogens with one attached hydrogen (secondary N) is 2. The van der Waals surface area contributed by atoms with Crippen molar-refractivity contribution in [3.8, 4) is 5.75 Å². The van der Waals surface area contributed by atoms with E-state index in [4.69, 9.17) is 4.74 Å². The van der Waals surface area contributed by atoms with Gasteiger partial charge in [0.2, 0.25) is 5.91 Å². The van der Waals surface area contributed by atoms with E-state index >= 15 is 0 Å². The van der Waals surface area contributed by atoms with Crippen molar-refractivity contribution in [2.45, 2.75) is 117 Å². The largest absolute Gasteiger partial charge is 0.494 e. The van der Waals surface area contributed by atoms with Crippen LogP contribution in [0.1, 0.15) is 117 Å². The van der Waals surface area contributed by atoms with Crippen LogP contribution in [-0.2, 0) is 4.79 Å². The molecule has 1 aromatic rings. The Bertz CT molecular complexity index is 562. The molecule has 4 heteroatoms. The Morgan fingerprint density at radius 2 is 1.31 bits per heavy atom. The van der Waals surface area contributed by atoms with Crippen LogP contribution in [0.25, 0.3) is 0 Å². The fraction of sp³-hybridized carbons (Fsp3) is 0.750. The molecule has 2 N–H and O–H groups in total. The molecule has 0 heterocycles. The van der Waals surface area contributed by atoms with Crippen LogP contribution < -0.4 is 15.4 Å². The number of carbonyl (C=O) groups is 1. The van der Waals surface area contributed by atoms with Gasteiger partial charge in [-0.25, -0.2) is 0 Å². The summed E-state index contributed by atoms with van der Waals surface area (Å²) in [7, 11) is 0. The van der Waals surface area contributed by atoms with Crippen molar-refractivity contribution in [1.82, 2.24) is 5.32 Å². The summed E-state index contributed by atoms with van der Waals surface area (Å²) in [6.07, 6.45) is 21.1. The number of carbonyl (C=O) groups excluding carboxylic acids is 1. The van der Waals surface area contributed by atoms with E-state index < -0.39 is 0 Å². The first-order chi connectivity index (χ1) is 15.8. The van der Waals surface area contributed by atoms with E-state index in [1.807, 2.05) is 24.3 Å². The standard InChI is InChI=1S/C28H50N2O2/c1-3-5-7-8-9-10-11-12-13-14-15-16-17-18-22-29-28(31)25-30-26-20-19-21-27(24-26)32-23-6-4-2/h19-21,24,30H,3-18,22-23,25H2,1-2H3,(H,29,31). The molecule has 0 atom stereocenters. The fourth-order valence-corrected chi connectivity index (χ4v) is 3.82. The van der Waals surface area contributed by atoms with Gasteiger partial charge in [-0.1, -0.05) is 110 Å². The molecule has 4 nitrogen and oxygen atoms in total. The molecule has 32 heavy (non-hydrogen) atoms. The predicted octanol–water partition coefficient (Wildman–Crippen LogP) is 7.87. The minimum atomic E-state index is 0.0528. The van der Waals surface area contributed by atoms with Crippen molar-refractivity contribution < 1.29 is 9.53 Å².